The second-order valence-corrected chi connectivity index (χ2v) is 6.21. The van der Waals surface area contributed by atoms with Crippen molar-refractivity contribution in [1.82, 2.24) is 4.90 Å². The van der Waals surface area contributed by atoms with Crippen LogP contribution in [0, 0.1) is 0 Å². The van der Waals surface area contributed by atoms with Crippen LogP contribution in [-0.2, 0) is 20.7 Å². The largest absolute Gasteiger partial charge is 0.454 e. The number of ether oxygens (including phenoxy) is 4. The Bertz CT molecular complexity index is 605. The Morgan fingerprint density at radius 1 is 1.30 bits per heavy atom. The lowest BCUT2D eigenvalue weighted by Crippen LogP contribution is -2.46. The monoisotopic (exact) mass is 319 g/mol. The van der Waals surface area contributed by atoms with Crippen molar-refractivity contribution < 1.29 is 23.7 Å². The smallest absolute Gasteiger partial charge is 0.231 e. The van der Waals surface area contributed by atoms with Gasteiger partial charge < -0.3 is 23.8 Å². The van der Waals surface area contributed by atoms with E-state index in [1.165, 1.54) is 0 Å². The van der Waals surface area contributed by atoms with Crippen molar-refractivity contribution in [1.29, 1.82) is 0 Å². The van der Waals surface area contributed by atoms with Gasteiger partial charge >= 0.3 is 0 Å². The molecule has 3 aliphatic rings. The molecular formula is C17H21NO5. The van der Waals surface area contributed by atoms with E-state index in [1.54, 1.807) is 7.11 Å². The van der Waals surface area contributed by atoms with Crippen molar-refractivity contribution >= 4 is 5.91 Å². The summed E-state index contributed by atoms with van der Waals surface area (Å²) in [5.74, 6) is 1.56. The molecule has 0 spiro atoms. The van der Waals surface area contributed by atoms with Crippen molar-refractivity contribution in [2.24, 2.45) is 0 Å². The first-order chi connectivity index (χ1) is 11.3. The number of fused-ring (bicyclic) bond motifs is 3. The normalized spacial score (nSPS) is 28.7. The van der Waals surface area contributed by atoms with Crippen molar-refractivity contribution in [3.05, 3.63) is 23.8 Å². The van der Waals surface area contributed by atoms with E-state index in [0.717, 1.165) is 24.2 Å². The summed E-state index contributed by atoms with van der Waals surface area (Å²) < 4.78 is 22.1. The Kier molecular flexibility index (Phi) is 3.87. The van der Waals surface area contributed by atoms with Gasteiger partial charge in [-0.15, -0.1) is 0 Å². The fourth-order valence-corrected chi connectivity index (χ4v) is 3.84. The zero-order valence-electron chi connectivity index (χ0n) is 13.2. The van der Waals surface area contributed by atoms with Gasteiger partial charge in [-0.25, -0.2) is 0 Å². The molecule has 2 heterocycles. The number of rotatable bonds is 3. The molecule has 3 atom stereocenters. The van der Waals surface area contributed by atoms with Crippen LogP contribution in [0.5, 0.6) is 11.5 Å². The lowest BCUT2D eigenvalue weighted by Gasteiger charge is -2.30. The van der Waals surface area contributed by atoms with Gasteiger partial charge in [-0.1, -0.05) is 6.07 Å². The minimum atomic E-state index is -0.0156. The molecule has 6 nitrogen and oxygen atoms in total. The zero-order valence-corrected chi connectivity index (χ0v) is 13.2. The summed E-state index contributed by atoms with van der Waals surface area (Å²) in [6, 6.07) is 5.79. The zero-order chi connectivity index (χ0) is 15.8. The number of hydrogen-bond acceptors (Lipinski definition) is 5. The molecule has 124 valence electrons. The van der Waals surface area contributed by atoms with Gasteiger partial charge in [0.15, 0.2) is 11.5 Å². The van der Waals surface area contributed by atoms with Gasteiger partial charge in [0.1, 0.15) is 6.10 Å². The summed E-state index contributed by atoms with van der Waals surface area (Å²) in [6.45, 7) is 1.45. The average molecular weight is 319 g/mol. The number of nitrogens with zero attached hydrogens (tertiary/aromatic N) is 1. The molecule has 0 radical (unpaired) electrons. The van der Waals surface area contributed by atoms with Crippen LogP contribution in [0.4, 0.5) is 0 Å². The molecule has 1 aromatic rings. The molecule has 0 N–H and O–H groups in total. The lowest BCUT2D eigenvalue weighted by molar-refractivity contribution is -0.134. The molecule has 6 heteroatoms. The van der Waals surface area contributed by atoms with Gasteiger partial charge in [0.25, 0.3) is 0 Å². The van der Waals surface area contributed by atoms with E-state index in [4.69, 9.17) is 18.9 Å². The number of carbonyl (C=O) groups excluding carboxylic acids is 1. The van der Waals surface area contributed by atoms with Crippen LogP contribution in [0.15, 0.2) is 18.2 Å². The number of methoxy groups -OCH3 is 1. The number of carbonyl (C=O) groups is 1. The predicted octanol–water partition coefficient (Wildman–Crippen LogP) is 1.36. The maximum atomic E-state index is 12.8. The highest BCUT2D eigenvalue weighted by Crippen LogP contribution is 2.34. The molecule has 1 saturated heterocycles. The van der Waals surface area contributed by atoms with Crippen LogP contribution in [0.25, 0.3) is 0 Å². The van der Waals surface area contributed by atoms with Crippen molar-refractivity contribution in [3.63, 3.8) is 0 Å². The molecule has 1 aromatic carbocycles. The molecule has 2 aliphatic heterocycles. The number of benzene rings is 1. The van der Waals surface area contributed by atoms with E-state index in [9.17, 15) is 4.79 Å². The SMILES string of the molecule is COC1C2CCC1N(C(=O)Cc1ccc3c(c1)OCO3)CCO2. The Labute approximate surface area is 135 Å². The Hall–Kier alpha value is -1.79. The highest BCUT2D eigenvalue weighted by molar-refractivity contribution is 5.79. The summed E-state index contributed by atoms with van der Waals surface area (Å²) in [4.78, 5) is 14.7. The first-order valence-corrected chi connectivity index (χ1v) is 8.08. The van der Waals surface area contributed by atoms with E-state index >= 15 is 0 Å². The number of amides is 1. The average Bonchev–Trinajstić information content (AvgIpc) is 3.10. The first-order valence-electron chi connectivity index (χ1n) is 8.08. The molecule has 3 unspecified atom stereocenters. The van der Waals surface area contributed by atoms with E-state index < -0.39 is 0 Å². The molecule has 2 fully saturated rings. The summed E-state index contributed by atoms with van der Waals surface area (Å²) in [5.41, 5.74) is 0.938. The van der Waals surface area contributed by atoms with Crippen molar-refractivity contribution in [2.75, 3.05) is 27.1 Å². The fraction of sp³-hybridized carbons (Fsp3) is 0.588. The fourth-order valence-electron chi connectivity index (χ4n) is 3.84. The van der Waals surface area contributed by atoms with Crippen LogP contribution in [0.1, 0.15) is 18.4 Å². The van der Waals surface area contributed by atoms with Crippen LogP contribution in [0.3, 0.4) is 0 Å². The van der Waals surface area contributed by atoms with Crippen molar-refractivity contribution in [3.8, 4) is 11.5 Å². The molecule has 1 saturated carbocycles. The molecule has 0 aromatic heterocycles. The molecule has 2 bridgehead atoms. The quantitative estimate of drug-likeness (QED) is 0.842. The van der Waals surface area contributed by atoms with E-state index in [1.807, 2.05) is 23.1 Å². The van der Waals surface area contributed by atoms with Gasteiger partial charge in [0.05, 0.1) is 25.2 Å². The second-order valence-electron chi connectivity index (χ2n) is 6.21. The predicted molar refractivity (Wildman–Crippen MR) is 81.5 cm³/mol. The Balaban J connectivity index is 1.49. The molecular weight excluding hydrogens is 298 g/mol. The molecule has 4 rings (SSSR count). The molecule has 1 amide bonds. The maximum absolute atomic E-state index is 12.8. The lowest BCUT2D eigenvalue weighted by atomic mass is 10.1. The molecule has 1 aliphatic carbocycles. The third kappa shape index (κ3) is 2.66. The topological polar surface area (TPSA) is 57.2 Å². The van der Waals surface area contributed by atoms with Gasteiger partial charge in [-0.2, -0.15) is 0 Å². The van der Waals surface area contributed by atoms with E-state index in [2.05, 4.69) is 0 Å². The van der Waals surface area contributed by atoms with Crippen LogP contribution < -0.4 is 9.47 Å². The van der Waals surface area contributed by atoms with Crippen LogP contribution in [-0.4, -0.2) is 56.1 Å². The Morgan fingerprint density at radius 2 is 2.17 bits per heavy atom. The summed E-state index contributed by atoms with van der Waals surface area (Å²) in [7, 11) is 1.70. The minimum Gasteiger partial charge on any atom is -0.454 e. The first kappa shape index (κ1) is 14.8. The minimum absolute atomic E-state index is 0.0156. The third-order valence-electron chi connectivity index (χ3n) is 4.94. The third-order valence-corrected chi connectivity index (χ3v) is 4.94. The summed E-state index contributed by atoms with van der Waals surface area (Å²) in [5, 5.41) is 0. The Morgan fingerprint density at radius 3 is 3.04 bits per heavy atom. The van der Waals surface area contributed by atoms with Gasteiger partial charge in [0.2, 0.25) is 12.7 Å². The molecule has 23 heavy (non-hydrogen) atoms. The number of hydrogen-bond donors (Lipinski definition) is 0. The van der Waals surface area contributed by atoms with Crippen LogP contribution in [0.2, 0.25) is 0 Å². The van der Waals surface area contributed by atoms with E-state index in [-0.39, 0.29) is 30.9 Å². The van der Waals surface area contributed by atoms with Gasteiger partial charge in [0, 0.05) is 13.7 Å². The summed E-state index contributed by atoms with van der Waals surface area (Å²) in [6.07, 6.45) is 2.35. The maximum Gasteiger partial charge on any atom is 0.231 e. The van der Waals surface area contributed by atoms with Crippen LogP contribution >= 0.6 is 0 Å². The highest BCUT2D eigenvalue weighted by atomic mass is 16.7. The van der Waals surface area contributed by atoms with Gasteiger partial charge in [-0.3, -0.25) is 4.79 Å². The second kappa shape index (κ2) is 6.02. The highest BCUT2D eigenvalue weighted by Gasteiger charge is 2.44. The summed E-state index contributed by atoms with van der Waals surface area (Å²) >= 11 is 0. The van der Waals surface area contributed by atoms with Gasteiger partial charge in [-0.05, 0) is 30.5 Å². The van der Waals surface area contributed by atoms with Crippen molar-refractivity contribution in [2.45, 2.75) is 37.5 Å². The standard InChI is InChI=1S/C17H21NO5/c1-20-17-12-3-5-14(17)21-7-6-18(12)16(19)9-11-2-4-13-15(8-11)23-10-22-13/h2,4,8,12,14,17H,3,5-7,9-10H2,1H3. The van der Waals surface area contributed by atoms with E-state index in [0.29, 0.717) is 25.3 Å².